The van der Waals surface area contributed by atoms with E-state index in [-0.39, 0.29) is 12.0 Å². The van der Waals surface area contributed by atoms with Gasteiger partial charge in [0, 0.05) is 6.07 Å². The monoisotopic (exact) mass is 357 g/mol. The molecule has 3 aromatic heterocycles. The predicted molar refractivity (Wildman–Crippen MR) is 91.9 cm³/mol. The lowest BCUT2D eigenvalue weighted by molar-refractivity contribution is 0.0170. The summed E-state index contributed by atoms with van der Waals surface area (Å²) in [4.78, 5) is 26.5. The summed E-state index contributed by atoms with van der Waals surface area (Å²) in [5.41, 5.74) is 0.774. The number of carbonyl (C=O) groups is 1. The summed E-state index contributed by atoms with van der Waals surface area (Å²) in [6, 6.07) is 8.64. The van der Waals surface area contributed by atoms with E-state index in [2.05, 4.69) is 10.2 Å². The van der Waals surface area contributed by atoms with E-state index in [9.17, 15) is 9.59 Å². The number of amides is 1. The Morgan fingerprint density at radius 3 is 2.96 bits per heavy atom. The zero-order valence-electron chi connectivity index (χ0n) is 13.4. The summed E-state index contributed by atoms with van der Waals surface area (Å²) in [7, 11) is 0. The largest absolute Gasteiger partial charge is 0.486 e. The third-order valence-corrected chi connectivity index (χ3v) is 4.79. The molecule has 8 heteroatoms. The fraction of sp³-hybridized carbons (Fsp3) is 0.235. The Morgan fingerprint density at radius 1 is 1.40 bits per heavy atom. The Balaban J connectivity index is 1.37. The molecule has 1 aliphatic rings. The molecule has 0 aliphatic carbocycles. The molecule has 1 fully saturated rings. The molecule has 4 rings (SSSR count). The van der Waals surface area contributed by atoms with Crippen LogP contribution in [0, 0.1) is 6.92 Å². The van der Waals surface area contributed by atoms with E-state index in [1.165, 1.54) is 6.07 Å². The summed E-state index contributed by atoms with van der Waals surface area (Å²) >= 11 is 1.58. The van der Waals surface area contributed by atoms with E-state index >= 15 is 0 Å². The van der Waals surface area contributed by atoms with Gasteiger partial charge in [0.2, 0.25) is 0 Å². The lowest BCUT2D eigenvalue weighted by Gasteiger charge is -2.38. The van der Waals surface area contributed by atoms with Crippen LogP contribution < -0.4 is 10.4 Å². The molecular weight excluding hydrogens is 342 g/mol. The van der Waals surface area contributed by atoms with Crippen LogP contribution in [0.4, 0.5) is 0 Å². The van der Waals surface area contributed by atoms with Gasteiger partial charge in [-0.1, -0.05) is 6.07 Å². The molecule has 0 unspecified atom stereocenters. The Bertz CT molecular complexity index is 954. The van der Waals surface area contributed by atoms with E-state index in [4.69, 9.17) is 9.15 Å². The number of aryl methyl sites for hydroxylation is 1. The fourth-order valence-electron chi connectivity index (χ4n) is 2.67. The number of thiophene rings is 1. The number of rotatable bonds is 4. The van der Waals surface area contributed by atoms with Crippen molar-refractivity contribution in [3.8, 4) is 16.3 Å². The number of ether oxygens (including phenoxy) is 1. The normalized spacial score (nSPS) is 14.4. The van der Waals surface area contributed by atoms with Gasteiger partial charge >= 0.3 is 5.63 Å². The van der Waals surface area contributed by atoms with Gasteiger partial charge < -0.3 is 14.1 Å². The second-order valence-electron chi connectivity index (χ2n) is 5.82. The van der Waals surface area contributed by atoms with Crippen LogP contribution in [-0.4, -0.2) is 40.2 Å². The van der Waals surface area contributed by atoms with Gasteiger partial charge in [-0.05, 0) is 24.4 Å². The molecule has 1 N–H and O–H groups in total. The van der Waals surface area contributed by atoms with E-state index in [1.807, 2.05) is 17.5 Å². The zero-order valence-corrected chi connectivity index (χ0v) is 14.2. The van der Waals surface area contributed by atoms with Gasteiger partial charge in [-0.2, -0.15) is 5.10 Å². The number of hydrogen-bond donors (Lipinski definition) is 1. The summed E-state index contributed by atoms with van der Waals surface area (Å²) in [5.74, 6) is 0.820. The number of likely N-dealkylation sites (tertiary alicyclic amines) is 1. The van der Waals surface area contributed by atoms with Crippen molar-refractivity contribution < 1.29 is 13.9 Å². The molecule has 1 aliphatic heterocycles. The molecule has 3 aromatic rings. The average molecular weight is 357 g/mol. The number of carbonyl (C=O) groups excluding carboxylic acids is 1. The number of aromatic nitrogens is 2. The first-order chi connectivity index (χ1) is 12.1. The van der Waals surface area contributed by atoms with Gasteiger partial charge in [0.25, 0.3) is 5.91 Å². The van der Waals surface area contributed by atoms with Crippen LogP contribution in [0.15, 0.2) is 44.9 Å². The molecule has 0 spiro atoms. The van der Waals surface area contributed by atoms with Gasteiger partial charge in [0.1, 0.15) is 17.6 Å². The van der Waals surface area contributed by atoms with Crippen molar-refractivity contribution in [3.63, 3.8) is 0 Å². The van der Waals surface area contributed by atoms with Gasteiger partial charge in [0.15, 0.2) is 5.69 Å². The van der Waals surface area contributed by atoms with Crippen molar-refractivity contribution in [1.82, 2.24) is 15.1 Å². The SMILES string of the molecule is Cc1cc(OC2CN(C(=O)c3cc(-c4cccs4)[nH]n3)C2)cc(=O)o1. The molecule has 0 atom stereocenters. The highest BCUT2D eigenvalue weighted by atomic mass is 32.1. The maximum absolute atomic E-state index is 12.4. The molecule has 0 bridgehead atoms. The number of hydrogen-bond acceptors (Lipinski definition) is 6. The summed E-state index contributed by atoms with van der Waals surface area (Å²) in [6.45, 7) is 2.60. The van der Waals surface area contributed by atoms with Gasteiger partial charge in [-0.25, -0.2) is 4.79 Å². The van der Waals surface area contributed by atoms with Crippen LogP contribution in [0.5, 0.6) is 5.75 Å². The minimum atomic E-state index is -0.445. The van der Waals surface area contributed by atoms with Gasteiger partial charge in [0.05, 0.1) is 29.7 Å². The van der Waals surface area contributed by atoms with Crippen LogP contribution in [0.25, 0.3) is 10.6 Å². The first-order valence-corrected chi connectivity index (χ1v) is 8.63. The Labute approximate surface area is 146 Å². The zero-order chi connectivity index (χ0) is 17.4. The maximum atomic E-state index is 12.4. The second kappa shape index (κ2) is 6.21. The fourth-order valence-corrected chi connectivity index (χ4v) is 3.36. The third kappa shape index (κ3) is 3.20. The lowest BCUT2D eigenvalue weighted by atomic mass is 10.1. The van der Waals surface area contributed by atoms with Crippen molar-refractivity contribution in [2.75, 3.05) is 13.1 Å². The van der Waals surface area contributed by atoms with Crippen LogP contribution >= 0.6 is 11.3 Å². The van der Waals surface area contributed by atoms with E-state index in [0.29, 0.717) is 30.3 Å². The minimum absolute atomic E-state index is 0.136. The number of H-pyrrole nitrogens is 1. The number of nitrogens with one attached hydrogen (secondary N) is 1. The smallest absolute Gasteiger partial charge is 0.339 e. The standard InChI is InChI=1S/C17H15N3O4S/c1-10-5-11(6-16(21)23-10)24-12-8-20(9-12)17(22)14-7-13(18-19-14)15-3-2-4-25-15/h2-7,12H,8-9H2,1H3,(H,18,19). The molecule has 0 radical (unpaired) electrons. The minimum Gasteiger partial charge on any atom is -0.486 e. The van der Waals surface area contributed by atoms with Gasteiger partial charge in [-0.15, -0.1) is 11.3 Å². The van der Waals surface area contributed by atoms with E-state index < -0.39 is 5.63 Å². The molecule has 1 saturated heterocycles. The highest BCUT2D eigenvalue weighted by molar-refractivity contribution is 7.13. The van der Waals surface area contributed by atoms with Crippen LogP contribution in [0.3, 0.4) is 0 Å². The molecule has 25 heavy (non-hydrogen) atoms. The Morgan fingerprint density at radius 2 is 2.24 bits per heavy atom. The molecule has 0 aromatic carbocycles. The molecular formula is C17H15N3O4S. The summed E-state index contributed by atoms with van der Waals surface area (Å²) in [5, 5.41) is 8.97. The molecule has 4 heterocycles. The van der Waals surface area contributed by atoms with Crippen molar-refractivity contribution in [1.29, 1.82) is 0 Å². The summed E-state index contributed by atoms with van der Waals surface area (Å²) < 4.78 is 10.6. The molecule has 7 nitrogen and oxygen atoms in total. The van der Waals surface area contributed by atoms with Gasteiger partial charge in [-0.3, -0.25) is 9.89 Å². The highest BCUT2D eigenvalue weighted by Gasteiger charge is 2.34. The quantitative estimate of drug-likeness (QED) is 0.774. The Hall–Kier alpha value is -2.87. The van der Waals surface area contributed by atoms with Crippen molar-refractivity contribution in [2.45, 2.75) is 13.0 Å². The molecule has 128 valence electrons. The van der Waals surface area contributed by atoms with Crippen molar-refractivity contribution >= 4 is 17.2 Å². The maximum Gasteiger partial charge on any atom is 0.339 e. The number of aromatic amines is 1. The first kappa shape index (κ1) is 15.6. The average Bonchev–Trinajstić information content (AvgIpc) is 3.19. The van der Waals surface area contributed by atoms with E-state index in [1.54, 1.807) is 35.3 Å². The van der Waals surface area contributed by atoms with Crippen molar-refractivity contribution in [3.05, 3.63) is 57.6 Å². The van der Waals surface area contributed by atoms with Crippen LogP contribution in [-0.2, 0) is 0 Å². The molecule has 1 amide bonds. The van der Waals surface area contributed by atoms with Crippen LogP contribution in [0.1, 0.15) is 16.2 Å². The third-order valence-electron chi connectivity index (χ3n) is 3.89. The highest BCUT2D eigenvalue weighted by Crippen LogP contribution is 2.24. The first-order valence-electron chi connectivity index (χ1n) is 7.75. The summed E-state index contributed by atoms with van der Waals surface area (Å²) in [6.07, 6.45) is -0.138. The second-order valence-corrected chi connectivity index (χ2v) is 6.76. The number of nitrogens with zero attached hydrogens (tertiary/aromatic N) is 2. The predicted octanol–water partition coefficient (Wildman–Crippen LogP) is 2.30. The molecule has 0 saturated carbocycles. The van der Waals surface area contributed by atoms with E-state index in [0.717, 1.165) is 10.6 Å². The van der Waals surface area contributed by atoms with Crippen LogP contribution in [0.2, 0.25) is 0 Å². The lowest BCUT2D eigenvalue weighted by Crippen LogP contribution is -2.56. The topological polar surface area (TPSA) is 88.4 Å². The van der Waals surface area contributed by atoms with Crippen molar-refractivity contribution in [2.24, 2.45) is 0 Å². The Kier molecular flexibility index (Phi) is 3.89.